The van der Waals surface area contributed by atoms with Crippen molar-refractivity contribution in [1.82, 2.24) is 5.32 Å². The first-order valence-corrected chi connectivity index (χ1v) is 7.09. The van der Waals surface area contributed by atoms with Crippen LogP contribution in [0.4, 0.5) is 0 Å². The Morgan fingerprint density at radius 3 is 2.65 bits per heavy atom. The lowest BCUT2D eigenvalue weighted by atomic mass is 9.94. The van der Waals surface area contributed by atoms with Gasteiger partial charge in [0.1, 0.15) is 0 Å². The van der Waals surface area contributed by atoms with Crippen LogP contribution in [-0.2, 0) is 9.59 Å². The van der Waals surface area contributed by atoms with Gasteiger partial charge in [0, 0.05) is 0 Å². The van der Waals surface area contributed by atoms with Gasteiger partial charge in [0.25, 0.3) is 0 Å². The van der Waals surface area contributed by atoms with Crippen LogP contribution in [0.1, 0.15) is 43.4 Å². The normalized spacial score (nSPS) is 23.3. The Hall–Kier alpha value is -1.84. The Balaban J connectivity index is 2.02. The first kappa shape index (κ1) is 14.6. The molecule has 1 saturated carbocycles. The number of amides is 1. The molecule has 0 aromatic heterocycles. The van der Waals surface area contributed by atoms with Crippen LogP contribution in [0.5, 0.6) is 0 Å². The van der Waals surface area contributed by atoms with E-state index in [1.807, 2.05) is 38.1 Å². The molecule has 1 aliphatic rings. The molecule has 1 aromatic carbocycles. The van der Waals surface area contributed by atoms with E-state index in [0.29, 0.717) is 12.8 Å². The number of carbonyl (C=O) groups is 2. The van der Waals surface area contributed by atoms with E-state index in [9.17, 15) is 9.59 Å². The summed E-state index contributed by atoms with van der Waals surface area (Å²) in [7, 11) is 0. The fourth-order valence-electron chi connectivity index (χ4n) is 2.91. The highest BCUT2D eigenvalue weighted by Gasteiger charge is 2.38. The van der Waals surface area contributed by atoms with Crippen molar-refractivity contribution in [2.75, 3.05) is 0 Å². The molecule has 4 heteroatoms. The minimum Gasteiger partial charge on any atom is -0.481 e. The molecule has 20 heavy (non-hydrogen) atoms. The molecule has 0 spiro atoms. The number of hydrogen-bond acceptors (Lipinski definition) is 2. The number of aliphatic carboxylic acids is 1. The van der Waals surface area contributed by atoms with Crippen LogP contribution in [0.15, 0.2) is 24.3 Å². The lowest BCUT2D eigenvalue weighted by Crippen LogP contribution is -2.36. The van der Waals surface area contributed by atoms with Crippen molar-refractivity contribution in [3.63, 3.8) is 0 Å². The molecule has 108 valence electrons. The first-order valence-electron chi connectivity index (χ1n) is 7.09. The van der Waals surface area contributed by atoms with Gasteiger partial charge in [0.05, 0.1) is 17.9 Å². The third-order valence-corrected chi connectivity index (χ3v) is 4.07. The van der Waals surface area contributed by atoms with E-state index >= 15 is 0 Å². The zero-order valence-corrected chi connectivity index (χ0v) is 11.9. The fourth-order valence-corrected chi connectivity index (χ4v) is 2.91. The molecule has 0 aliphatic heterocycles. The summed E-state index contributed by atoms with van der Waals surface area (Å²) in [4.78, 5) is 23.4. The molecule has 0 radical (unpaired) electrons. The van der Waals surface area contributed by atoms with Crippen molar-refractivity contribution in [2.45, 2.75) is 39.2 Å². The van der Waals surface area contributed by atoms with Crippen molar-refractivity contribution in [1.29, 1.82) is 0 Å². The van der Waals surface area contributed by atoms with Gasteiger partial charge >= 0.3 is 5.97 Å². The second-order valence-electron chi connectivity index (χ2n) is 5.63. The first-order chi connectivity index (χ1) is 9.49. The van der Waals surface area contributed by atoms with Gasteiger partial charge in [-0.3, -0.25) is 9.59 Å². The Morgan fingerprint density at radius 1 is 1.30 bits per heavy atom. The van der Waals surface area contributed by atoms with Crippen LogP contribution in [0, 0.1) is 18.8 Å². The van der Waals surface area contributed by atoms with Gasteiger partial charge in [-0.1, -0.05) is 36.2 Å². The lowest BCUT2D eigenvalue weighted by Gasteiger charge is -2.20. The minimum absolute atomic E-state index is 0.0996. The molecule has 3 atom stereocenters. The predicted molar refractivity (Wildman–Crippen MR) is 76.2 cm³/mol. The van der Waals surface area contributed by atoms with E-state index in [2.05, 4.69) is 5.32 Å². The highest BCUT2D eigenvalue weighted by atomic mass is 16.4. The largest absolute Gasteiger partial charge is 0.481 e. The average molecular weight is 275 g/mol. The molecule has 2 N–H and O–H groups in total. The van der Waals surface area contributed by atoms with Gasteiger partial charge in [0.15, 0.2) is 0 Å². The van der Waals surface area contributed by atoms with E-state index < -0.39 is 11.9 Å². The maximum Gasteiger partial charge on any atom is 0.307 e. The van der Waals surface area contributed by atoms with Crippen molar-refractivity contribution in [3.8, 4) is 0 Å². The molecule has 1 amide bonds. The molecule has 1 aromatic rings. The molecule has 1 aliphatic carbocycles. The van der Waals surface area contributed by atoms with Crippen LogP contribution in [0.2, 0.25) is 0 Å². The number of rotatable bonds is 4. The average Bonchev–Trinajstić information content (AvgIpc) is 2.88. The zero-order valence-electron chi connectivity index (χ0n) is 11.9. The van der Waals surface area contributed by atoms with Crippen molar-refractivity contribution in [2.24, 2.45) is 11.8 Å². The third-order valence-electron chi connectivity index (χ3n) is 4.07. The molecule has 2 rings (SSSR count). The maximum absolute atomic E-state index is 12.3. The Morgan fingerprint density at radius 2 is 2.00 bits per heavy atom. The number of carbonyl (C=O) groups excluding carboxylic acids is 1. The number of nitrogens with one attached hydrogen (secondary N) is 1. The van der Waals surface area contributed by atoms with E-state index in [-0.39, 0.29) is 17.9 Å². The highest BCUT2D eigenvalue weighted by molar-refractivity contribution is 5.85. The monoisotopic (exact) mass is 275 g/mol. The molecule has 0 saturated heterocycles. The molecule has 0 heterocycles. The summed E-state index contributed by atoms with van der Waals surface area (Å²) in [5, 5.41) is 12.1. The summed E-state index contributed by atoms with van der Waals surface area (Å²) in [5.74, 6) is -1.91. The SMILES string of the molecule is Cc1cccc([C@H](C)NC(=O)[C@@H]2CCC[C@@H]2C(=O)O)c1. The van der Waals surface area contributed by atoms with Gasteiger partial charge in [0.2, 0.25) is 5.91 Å². The van der Waals surface area contributed by atoms with Gasteiger partial charge in [-0.25, -0.2) is 0 Å². The smallest absolute Gasteiger partial charge is 0.307 e. The summed E-state index contributed by atoms with van der Waals surface area (Å²) >= 11 is 0. The number of aryl methyl sites for hydroxylation is 1. The van der Waals surface area contributed by atoms with Gasteiger partial charge < -0.3 is 10.4 Å². The number of hydrogen-bond donors (Lipinski definition) is 2. The van der Waals surface area contributed by atoms with Crippen LogP contribution in [0.25, 0.3) is 0 Å². The van der Waals surface area contributed by atoms with E-state index in [1.165, 1.54) is 0 Å². The van der Waals surface area contributed by atoms with Gasteiger partial charge in [-0.2, -0.15) is 0 Å². The van der Waals surface area contributed by atoms with E-state index in [4.69, 9.17) is 5.11 Å². The number of benzene rings is 1. The van der Waals surface area contributed by atoms with Crippen LogP contribution in [0.3, 0.4) is 0 Å². The van der Waals surface area contributed by atoms with Crippen LogP contribution < -0.4 is 5.32 Å². The molecule has 4 nitrogen and oxygen atoms in total. The summed E-state index contributed by atoms with van der Waals surface area (Å²) in [6.45, 7) is 3.94. The van der Waals surface area contributed by atoms with Crippen molar-refractivity contribution >= 4 is 11.9 Å². The predicted octanol–water partition coefficient (Wildman–Crippen LogP) is 2.67. The molecule has 1 fully saturated rings. The molecule has 0 unspecified atom stereocenters. The second-order valence-corrected chi connectivity index (χ2v) is 5.63. The fraction of sp³-hybridized carbons (Fsp3) is 0.500. The second kappa shape index (κ2) is 6.07. The van der Waals surface area contributed by atoms with Crippen LogP contribution >= 0.6 is 0 Å². The third kappa shape index (κ3) is 3.18. The standard InChI is InChI=1S/C16H21NO3/c1-10-5-3-6-12(9-10)11(2)17-15(18)13-7-4-8-14(13)16(19)20/h3,5-6,9,11,13-14H,4,7-8H2,1-2H3,(H,17,18)(H,19,20)/t11-,13+,14-/m0/s1. The topological polar surface area (TPSA) is 66.4 Å². The quantitative estimate of drug-likeness (QED) is 0.887. The lowest BCUT2D eigenvalue weighted by molar-refractivity contribution is -0.146. The van der Waals surface area contributed by atoms with E-state index in [1.54, 1.807) is 0 Å². The Kier molecular flexibility index (Phi) is 4.42. The number of carboxylic acid groups (broad SMARTS) is 1. The minimum atomic E-state index is -0.856. The van der Waals surface area contributed by atoms with Crippen LogP contribution in [-0.4, -0.2) is 17.0 Å². The molecular formula is C16H21NO3. The summed E-state index contributed by atoms with van der Waals surface area (Å²) in [5.41, 5.74) is 2.19. The number of carboxylic acids is 1. The summed E-state index contributed by atoms with van der Waals surface area (Å²) < 4.78 is 0. The summed E-state index contributed by atoms with van der Waals surface area (Å²) in [6, 6.07) is 7.88. The highest BCUT2D eigenvalue weighted by Crippen LogP contribution is 2.32. The maximum atomic E-state index is 12.3. The van der Waals surface area contributed by atoms with Gasteiger partial charge in [-0.05, 0) is 32.3 Å². The molecular weight excluding hydrogens is 254 g/mol. The molecule has 0 bridgehead atoms. The van der Waals surface area contributed by atoms with Gasteiger partial charge in [-0.15, -0.1) is 0 Å². The summed E-state index contributed by atoms with van der Waals surface area (Å²) in [6.07, 6.45) is 2.09. The zero-order chi connectivity index (χ0) is 14.7. The van der Waals surface area contributed by atoms with E-state index in [0.717, 1.165) is 17.5 Å². The Bertz CT molecular complexity index is 512. The van der Waals surface area contributed by atoms with Crippen molar-refractivity contribution in [3.05, 3.63) is 35.4 Å². The van der Waals surface area contributed by atoms with Crippen molar-refractivity contribution < 1.29 is 14.7 Å². The Labute approximate surface area is 119 Å².